The standard InChI is InChI=1S/C29H33Cl2NO2/c1-4-15-29(3)18-25(21-7-6-8-23(31)16-21)27(20-11-13-22(30)14-12-20)32(28(29)34)24(5-2)17-26(33)19-9-10-19/h4,6-8,11-14,16,19,24-25,27H,1,5,9-10,15,17-18H2,2-3H3/t24-,25+,27?,29-/m0/s1. The van der Waals surface area contributed by atoms with E-state index < -0.39 is 5.41 Å². The maximum absolute atomic E-state index is 14.2. The Hall–Kier alpha value is -2.10. The molecule has 1 heterocycles. The van der Waals surface area contributed by atoms with E-state index >= 15 is 0 Å². The average Bonchev–Trinajstić information content (AvgIpc) is 3.66. The number of hydrogen-bond donors (Lipinski definition) is 0. The van der Waals surface area contributed by atoms with E-state index in [9.17, 15) is 9.59 Å². The minimum atomic E-state index is -0.603. The van der Waals surface area contributed by atoms with Gasteiger partial charge in [-0.25, -0.2) is 0 Å². The van der Waals surface area contributed by atoms with Crippen LogP contribution in [0.2, 0.25) is 10.0 Å². The van der Waals surface area contributed by atoms with Crippen LogP contribution in [0.4, 0.5) is 0 Å². The van der Waals surface area contributed by atoms with Crippen molar-refractivity contribution in [3.8, 4) is 0 Å². The predicted molar refractivity (Wildman–Crippen MR) is 139 cm³/mol. The molecule has 0 radical (unpaired) electrons. The number of allylic oxidation sites excluding steroid dienone is 1. The Labute approximate surface area is 213 Å². The maximum atomic E-state index is 14.2. The minimum absolute atomic E-state index is 0.0209. The number of likely N-dealkylation sites (tertiary alicyclic amines) is 1. The van der Waals surface area contributed by atoms with Crippen LogP contribution < -0.4 is 0 Å². The van der Waals surface area contributed by atoms with E-state index in [2.05, 4.69) is 19.6 Å². The van der Waals surface area contributed by atoms with Crippen molar-refractivity contribution in [3.05, 3.63) is 82.4 Å². The largest absolute Gasteiger partial charge is 0.331 e. The van der Waals surface area contributed by atoms with Crippen molar-refractivity contribution in [1.29, 1.82) is 0 Å². The molecule has 34 heavy (non-hydrogen) atoms. The second-order valence-corrected chi connectivity index (χ2v) is 11.0. The fourth-order valence-electron chi connectivity index (χ4n) is 5.53. The normalized spacial score (nSPS) is 25.8. The first-order valence-corrected chi connectivity index (χ1v) is 13.0. The van der Waals surface area contributed by atoms with Gasteiger partial charge in [-0.2, -0.15) is 0 Å². The van der Waals surface area contributed by atoms with Gasteiger partial charge in [-0.1, -0.05) is 67.4 Å². The number of benzene rings is 2. The lowest BCUT2D eigenvalue weighted by atomic mass is 9.67. The molecule has 2 aliphatic rings. The van der Waals surface area contributed by atoms with Gasteiger partial charge < -0.3 is 4.90 Å². The minimum Gasteiger partial charge on any atom is -0.331 e. The Morgan fingerprint density at radius 2 is 1.85 bits per heavy atom. The number of piperidine rings is 1. The van der Waals surface area contributed by atoms with Crippen molar-refractivity contribution < 1.29 is 9.59 Å². The molecule has 1 unspecified atom stereocenters. The molecule has 0 N–H and O–H groups in total. The van der Waals surface area contributed by atoms with E-state index in [0.717, 1.165) is 30.4 Å². The van der Waals surface area contributed by atoms with Crippen molar-refractivity contribution in [1.82, 2.24) is 4.90 Å². The first-order chi connectivity index (χ1) is 16.3. The highest BCUT2D eigenvalue weighted by molar-refractivity contribution is 6.30. The van der Waals surface area contributed by atoms with Gasteiger partial charge in [0.05, 0.1) is 11.5 Å². The van der Waals surface area contributed by atoms with Gasteiger partial charge in [0, 0.05) is 34.3 Å². The molecule has 0 aromatic heterocycles. The lowest BCUT2D eigenvalue weighted by Gasteiger charge is -2.52. The van der Waals surface area contributed by atoms with E-state index in [1.807, 2.05) is 60.4 Å². The third-order valence-corrected chi connectivity index (χ3v) is 8.01. The van der Waals surface area contributed by atoms with Gasteiger partial charge in [-0.3, -0.25) is 9.59 Å². The summed E-state index contributed by atoms with van der Waals surface area (Å²) in [5, 5.41) is 1.33. The number of rotatable bonds is 9. The topological polar surface area (TPSA) is 37.4 Å². The molecule has 1 saturated carbocycles. The molecular weight excluding hydrogens is 465 g/mol. The van der Waals surface area contributed by atoms with E-state index in [-0.39, 0.29) is 35.6 Å². The zero-order valence-corrected chi connectivity index (χ0v) is 21.5. The van der Waals surface area contributed by atoms with Gasteiger partial charge in [0.25, 0.3) is 0 Å². The Balaban J connectivity index is 1.85. The first-order valence-electron chi connectivity index (χ1n) is 12.2. The van der Waals surface area contributed by atoms with Crippen molar-refractivity contribution in [2.75, 3.05) is 0 Å². The molecule has 1 saturated heterocycles. The summed E-state index contributed by atoms with van der Waals surface area (Å²) >= 11 is 12.6. The first kappa shape index (κ1) is 25.0. The van der Waals surface area contributed by atoms with Crippen molar-refractivity contribution in [2.24, 2.45) is 11.3 Å². The molecule has 5 heteroatoms. The zero-order valence-electron chi connectivity index (χ0n) is 20.0. The van der Waals surface area contributed by atoms with Gasteiger partial charge in [-0.05, 0) is 67.5 Å². The quantitative estimate of drug-likeness (QED) is 0.331. The van der Waals surface area contributed by atoms with Crippen LogP contribution in [0.15, 0.2) is 61.2 Å². The van der Waals surface area contributed by atoms with Crippen LogP contribution >= 0.6 is 23.2 Å². The number of carbonyl (C=O) groups is 2. The van der Waals surface area contributed by atoms with Crippen molar-refractivity contribution >= 4 is 34.9 Å². The third kappa shape index (κ3) is 5.11. The molecule has 1 aliphatic carbocycles. The van der Waals surface area contributed by atoms with Crippen LogP contribution in [0.1, 0.15) is 75.5 Å². The summed E-state index contributed by atoms with van der Waals surface area (Å²) in [7, 11) is 0. The van der Waals surface area contributed by atoms with Gasteiger partial charge in [-0.15, -0.1) is 6.58 Å². The third-order valence-electron chi connectivity index (χ3n) is 7.52. The number of ketones is 1. The molecule has 1 aliphatic heterocycles. The number of hydrogen-bond acceptors (Lipinski definition) is 2. The molecule has 180 valence electrons. The van der Waals surface area contributed by atoms with Crippen LogP contribution in [-0.4, -0.2) is 22.6 Å². The molecule has 0 spiro atoms. The summed E-state index contributed by atoms with van der Waals surface area (Å²) in [5.74, 6) is 0.574. The highest BCUT2D eigenvalue weighted by Crippen LogP contribution is 2.52. The monoisotopic (exact) mass is 497 g/mol. The average molecular weight is 498 g/mol. The van der Waals surface area contributed by atoms with Crippen LogP contribution in [-0.2, 0) is 9.59 Å². The second kappa shape index (κ2) is 10.3. The molecule has 1 amide bonds. The smallest absolute Gasteiger partial charge is 0.229 e. The fourth-order valence-corrected chi connectivity index (χ4v) is 5.86. The SMILES string of the molecule is C=CC[C@@]1(C)C[C@H](c2cccc(Cl)c2)C(c2ccc(Cl)cc2)N([C@@H](CC)CC(=O)C2CC2)C1=O. The molecule has 4 atom stereocenters. The summed E-state index contributed by atoms with van der Waals surface area (Å²) in [6.07, 6.45) is 6.18. The lowest BCUT2D eigenvalue weighted by molar-refractivity contribution is -0.155. The van der Waals surface area contributed by atoms with Gasteiger partial charge in [0.15, 0.2) is 0 Å². The van der Waals surface area contributed by atoms with Crippen LogP contribution in [0.5, 0.6) is 0 Å². The Kier molecular flexibility index (Phi) is 7.54. The molecule has 3 nitrogen and oxygen atoms in total. The van der Waals surface area contributed by atoms with E-state index in [4.69, 9.17) is 23.2 Å². The Bertz CT molecular complexity index is 1060. The van der Waals surface area contributed by atoms with Gasteiger partial charge in [0.2, 0.25) is 5.91 Å². The molecule has 2 aromatic rings. The van der Waals surface area contributed by atoms with E-state index in [0.29, 0.717) is 29.3 Å². The van der Waals surface area contributed by atoms with Crippen molar-refractivity contribution in [3.63, 3.8) is 0 Å². The number of Topliss-reactive ketones (excluding diaryl/α,β-unsaturated/α-hetero) is 1. The summed E-state index contributed by atoms with van der Waals surface area (Å²) in [6, 6.07) is 15.4. The van der Waals surface area contributed by atoms with E-state index in [1.165, 1.54) is 0 Å². The zero-order chi connectivity index (χ0) is 24.5. The number of carbonyl (C=O) groups excluding carboxylic acids is 2. The number of amides is 1. The number of halogens is 2. The summed E-state index contributed by atoms with van der Waals surface area (Å²) < 4.78 is 0. The highest BCUT2D eigenvalue weighted by atomic mass is 35.5. The molecule has 2 fully saturated rings. The molecule has 2 aromatic carbocycles. The summed E-state index contributed by atoms with van der Waals surface area (Å²) in [6.45, 7) is 8.05. The Morgan fingerprint density at radius 3 is 2.44 bits per heavy atom. The van der Waals surface area contributed by atoms with E-state index in [1.54, 1.807) is 0 Å². The van der Waals surface area contributed by atoms with Crippen LogP contribution in [0, 0.1) is 11.3 Å². The second-order valence-electron chi connectivity index (χ2n) is 10.1. The maximum Gasteiger partial charge on any atom is 0.229 e. The van der Waals surface area contributed by atoms with Crippen LogP contribution in [0.3, 0.4) is 0 Å². The molecular formula is C29H33Cl2NO2. The fraction of sp³-hybridized carbons (Fsp3) is 0.448. The van der Waals surface area contributed by atoms with Gasteiger partial charge >= 0.3 is 0 Å². The number of nitrogens with zero attached hydrogens (tertiary/aromatic N) is 1. The molecule has 0 bridgehead atoms. The Morgan fingerprint density at radius 1 is 1.15 bits per heavy atom. The highest BCUT2D eigenvalue weighted by Gasteiger charge is 2.51. The van der Waals surface area contributed by atoms with Crippen LogP contribution in [0.25, 0.3) is 0 Å². The van der Waals surface area contributed by atoms with Crippen molar-refractivity contribution in [2.45, 2.75) is 70.4 Å². The molecule has 4 rings (SSSR count). The van der Waals surface area contributed by atoms with Gasteiger partial charge in [0.1, 0.15) is 5.78 Å². The predicted octanol–water partition coefficient (Wildman–Crippen LogP) is 7.78. The summed E-state index contributed by atoms with van der Waals surface area (Å²) in [4.78, 5) is 29.1. The summed E-state index contributed by atoms with van der Waals surface area (Å²) in [5.41, 5.74) is 1.53. The lowest BCUT2D eigenvalue weighted by Crippen LogP contribution is -2.55.